The third-order valence-corrected chi connectivity index (χ3v) is 9.14. The predicted molar refractivity (Wildman–Crippen MR) is 142 cm³/mol. The fourth-order valence-electron chi connectivity index (χ4n) is 7.01. The Balaban J connectivity index is 1.21. The summed E-state index contributed by atoms with van der Waals surface area (Å²) in [6.07, 6.45) is 7.78. The first kappa shape index (κ1) is 22.7. The van der Waals surface area contributed by atoms with E-state index in [2.05, 4.69) is 34.2 Å². The lowest BCUT2D eigenvalue weighted by Crippen LogP contribution is -2.44. The first-order valence-electron chi connectivity index (χ1n) is 13.5. The monoisotopic (exact) mass is 496 g/mol. The molecule has 2 aromatic heterocycles. The van der Waals surface area contributed by atoms with Gasteiger partial charge in [-0.15, -0.1) is 0 Å². The van der Waals surface area contributed by atoms with Gasteiger partial charge in [-0.3, -0.25) is 14.0 Å². The number of carbonyl (C=O) groups excluding carboxylic acids is 1. The van der Waals surface area contributed by atoms with Crippen LogP contribution in [0, 0.1) is 6.92 Å². The molecule has 2 aliphatic heterocycles. The molecule has 7 rings (SSSR count). The van der Waals surface area contributed by atoms with Crippen LogP contribution in [0.25, 0.3) is 16.6 Å². The van der Waals surface area contributed by atoms with Crippen LogP contribution in [0.2, 0.25) is 0 Å². The molecule has 37 heavy (non-hydrogen) atoms. The molecule has 0 atom stereocenters. The van der Waals surface area contributed by atoms with Crippen LogP contribution in [0.4, 0.5) is 0 Å². The molecule has 1 amide bonds. The lowest BCUT2D eigenvalue weighted by Gasteiger charge is -2.40. The maximum Gasteiger partial charge on any atom is 0.274 e. The minimum Gasteiger partial charge on any atom is -0.381 e. The standard InChI is InChI=1S/C30H32N4O3/c1-19-16-25-24(32-28(35)26-18-31-27(34(25)26)21-7-14-37-15-8-21)17-22(19)29(36)33-12-10-30(11-13-33)9-6-20-4-2-3-5-23(20)30/h2-5,16-18,21H,6-15H2,1H3,(H,32,35). The topological polar surface area (TPSA) is 79.7 Å². The molecule has 1 spiro atoms. The van der Waals surface area contributed by atoms with Crippen LogP contribution in [-0.2, 0) is 16.6 Å². The highest BCUT2D eigenvalue weighted by molar-refractivity contribution is 5.99. The van der Waals surface area contributed by atoms with Crippen molar-refractivity contribution in [3.63, 3.8) is 0 Å². The van der Waals surface area contributed by atoms with Gasteiger partial charge in [0.2, 0.25) is 0 Å². The Bertz CT molecular complexity index is 1590. The van der Waals surface area contributed by atoms with Crippen molar-refractivity contribution < 1.29 is 9.53 Å². The summed E-state index contributed by atoms with van der Waals surface area (Å²) in [6.45, 7) is 4.93. The van der Waals surface area contributed by atoms with Crippen LogP contribution >= 0.6 is 0 Å². The number of ether oxygens (including phenoxy) is 1. The molecule has 0 saturated carbocycles. The molecule has 2 fully saturated rings. The summed E-state index contributed by atoms with van der Waals surface area (Å²) in [5.74, 6) is 1.21. The zero-order valence-corrected chi connectivity index (χ0v) is 21.3. The number of nitrogens with one attached hydrogen (secondary N) is 1. The van der Waals surface area contributed by atoms with E-state index in [1.807, 2.05) is 28.4 Å². The normalized spacial score (nSPS) is 19.6. The Labute approximate surface area is 215 Å². The lowest BCUT2D eigenvalue weighted by atomic mass is 9.74. The Hall–Kier alpha value is -3.45. The van der Waals surface area contributed by atoms with E-state index in [9.17, 15) is 9.59 Å². The second kappa shape index (κ2) is 8.55. The van der Waals surface area contributed by atoms with Crippen molar-refractivity contribution >= 4 is 22.5 Å². The van der Waals surface area contributed by atoms with E-state index < -0.39 is 0 Å². The Morgan fingerprint density at radius 1 is 1.08 bits per heavy atom. The number of carbonyl (C=O) groups is 1. The van der Waals surface area contributed by atoms with Crippen LogP contribution in [0.15, 0.2) is 47.4 Å². The third kappa shape index (κ3) is 3.55. The highest BCUT2D eigenvalue weighted by Gasteiger charge is 2.41. The largest absolute Gasteiger partial charge is 0.381 e. The summed E-state index contributed by atoms with van der Waals surface area (Å²) < 4.78 is 7.53. The van der Waals surface area contributed by atoms with Crippen molar-refractivity contribution in [1.82, 2.24) is 19.3 Å². The number of aromatic nitrogens is 3. The maximum absolute atomic E-state index is 13.7. The zero-order chi connectivity index (χ0) is 25.1. The molecule has 7 nitrogen and oxygen atoms in total. The second-order valence-electron chi connectivity index (χ2n) is 11.1. The predicted octanol–water partition coefficient (Wildman–Crippen LogP) is 4.50. The molecule has 0 bridgehead atoms. The number of hydrogen-bond acceptors (Lipinski definition) is 4. The van der Waals surface area contributed by atoms with Crippen LogP contribution in [0.3, 0.4) is 0 Å². The molecule has 0 radical (unpaired) electrons. The molecule has 4 heterocycles. The SMILES string of the molecule is Cc1cc2c(cc1C(=O)N1CCC3(CCc4ccccc43)CC1)[nH]c(=O)c1cnc(C3CCOCC3)n12. The number of fused-ring (bicyclic) bond motifs is 5. The molecule has 190 valence electrons. The number of hydrogen-bond donors (Lipinski definition) is 1. The summed E-state index contributed by atoms with van der Waals surface area (Å²) in [4.78, 5) is 36.4. The molecular weight excluding hydrogens is 464 g/mol. The molecule has 2 saturated heterocycles. The number of piperidine rings is 1. The first-order valence-corrected chi connectivity index (χ1v) is 13.5. The molecule has 1 aliphatic carbocycles. The second-order valence-corrected chi connectivity index (χ2v) is 11.1. The van der Waals surface area contributed by atoms with E-state index >= 15 is 0 Å². The Kier molecular flexibility index (Phi) is 5.25. The van der Waals surface area contributed by atoms with Crippen LogP contribution < -0.4 is 5.56 Å². The van der Waals surface area contributed by atoms with Crippen molar-refractivity contribution in [3.05, 3.63) is 81.0 Å². The highest BCUT2D eigenvalue weighted by atomic mass is 16.5. The molecular formula is C30H32N4O3. The van der Waals surface area contributed by atoms with Gasteiger partial charge in [0.05, 0.1) is 17.2 Å². The van der Waals surface area contributed by atoms with Gasteiger partial charge in [0.1, 0.15) is 11.3 Å². The fraction of sp³-hybridized carbons (Fsp3) is 0.433. The number of imidazole rings is 1. The summed E-state index contributed by atoms with van der Waals surface area (Å²) in [7, 11) is 0. The van der Waals surface area contributed by atoms with E-state index in [-0.39, 0.29) is 22.8 Å². The number of rotatable bonds is 2. The van der Waals surface area contributed by atoms with Crippen LogP contribution in [-0.4, -0.2) is 51.5 Å². The first-order chi connectivity index (χ1) is 18.0. The highest BCUT2D eigenvalue weighted by Crippen LogP contribution is 2.46. The smallest absolute Gasteiger partial charge is 0.274 e. The molecule has 0 unspecified atom stereocenters. The fourth-order valence-corrected chi connectivity index (χ4v) is 7.01. The van der Waals surface area contributed by atoms with Gasteiger partial charge < -0.3 is 14.6 Å². The molecule has 3 aliphatic rings. The van der Waals surface area contributed by atoms with Gasteiger partial charge in [-0.05, 0) is 79.7 Å². The van der Waals surface area contributed by atoms with Crippen molar-refractivity contribution in [2.45, 2.75) is 56.8 Å². The summed E-state index contributed by atoms with van der Waals surface area (Å²) in [5.41, 5.74) is 6.70. The average molecular weight is 497 g/mol. The molecule has 1 N–H and O–H groups in total. The van der Waals surface area contributed by atoms with Crippen molar-refractivity contribution in [1.29, 1.82) is 0 Å². The number of aromatic amines is 1. The Morgan fingerprint density at radius 3 is 2.68 bits per heavy atom. The molecule has 4 aromatic rings. The summed E-state index contributed by atoms with van der Waals surface area (Å²) in [6, 6.07) is 12.7. The number of aryl methyl sites for hydroxylation is 2. The van der Waals surface area contributed by atoms with Gasteiger partial charge in [0, 0.05) is 37.8 Å². The molecule has 2 aromatic carbocycles. The van der Waals surface area contributed by atoms with Crippen molar-refractivity contribution in [2.24, 2.45) is 0 Å². The van der Waals surface area contributed by atoms with Crippen LogP contribution in [0.5, 0.6) is 0 Å². The van der Waals surface area contributed by atoms with Gasteiger partial charge in [-0.25, -0.2) is 4.98 Å². The van der Waals surface area contributed by atoms with E-state index in [0.29, 0.717) is 29.8 Å². The van der Waals surface area contributed by atoms with Crippen molar-refractivity contribution in [2.75, 3.05) is 26.3 Å². The number of benzene rings is 2. The number of nitrogens with zero attached hydrogens (tertiary/aromatic N) is 3. The minimum atomic E-state index is -0.180. The lowest BCUT2D eigenvalue weighted by molar-refractivity contribution is 0.0665. The van der Waals surface area contributed by atoms with Gasteiger partial charge >= 0.3 is 0 Å². The maximum atomic E-state index is 13.7. The van der Waals surface area contributed by atoms with Crippen LogP contribution in [0.1, 0.15) is 70.9 Å². The van der Waals surface area contributed by atoms with E-state index in [0.717, 1.165) is 62.1 Å². The minimum absolute atomic E-state index is 0.0526. The number of H-pyrrole nitrogens is 1. The van der Waals surface area contributed by atoms with Crippen molar-refractivity contribution in [3.8, 4) is 0 Å². The zero-order valence-electron chi connectivity index (χ0n) is 21.3. The van der Waals surface area contributed by atoms with Gasteiger partial charge in [0.15, 0.2) is 0 Å². The van der Waals surface area contributed by atoms with E-state index in [1.165, 1.54) is 17.5 Å². The van der Waals surface area contributed by atoms with E-state index in [4.69, 9.17) is 4.74 Å². The molecule has 7 heteroatoms. The average Bonchev–Trinajstić information content (AvgIpc) is 3.53. The van der Waals surface area contributed by atoms with E-state index in [1.54, 1.807) is 6.20 Å². The summed E-state index contributed by atoms with van der Waals surface area (Å²) >= 11 is 0. The van der Waals surface area contributed by atoms with Gasteiger partial charge in [0.25, 0.3) is 11.5 Å². The van der Waals surface area contributed by atoms with Gasteiger partial charge in [-0.1, -0.05) is 24.3 Å². The Morgan fingerprint density at radius 2 is 1.86 bits per heavy atom. The number of amides is 1. The van der Waals surface area contributed by atoms with Gasteiger partial charge in [-0.2, -0.15) is 0 Å². The summed E-state index contributed by atoms with van der Waals surface area (Å²) in [5, 5.41) is 0. The number of likely N-dealkylation sites (tertiary alicyclic amines) is 1. The quantitative estimate of drug-likeness (QED) is 0.443. The third-order valence-electron chi connectivity index (χ3n) is 9.14.